The van der Waals surface area contributed by atoms with Crippen molar-refractivity contribution in [2.45, 2.75) is 20.3 Å². The topological polar surface area (TPSA) is 90.7 Å². The van der Waals surface area contributed by atoms with Crippen molar-refractivity contribution < 1.29 is 19.2 Å². The zero-order valence-electron chi connectivity index (χ0n) is 14.5. The molecule has 2 aromatic carbocycles. The molecule has 1 N–H and O–H groups in total. The van der Waals surface area contributed by atoms with Crippen molar-refractivity contribution in [1.29, 1.82) is 0 Å². The molecule has 0 bridgehead atoms. The molecule has 26 heavy (non-hydrogen) atoms. The third kappa shape index (κ3) is 4.86. The van der Waals surface area contributed by atoms with Crippen LogP contribution in [0.5, 0.6) is 11.5 Å². The lowest BCUT2D eigenvalue weighted by Crippen LogP contribution is -2.12. The Morgan fingerprint density at radius 3 is 2.58 bits per heavy atom. The summed E-state index contributed by atoms with van der Waals surface area (Å²) in [4.78, 5) is 22.8. The summed E-state index contributed by atoms with van der Waals surface area (Å²) >= 11 is 5.77. The van der Waals surface area contributed by atoms with E-state index in [9.17, 15) is 14.9 Å². The number of rotatable bonds is 8. The molecule has 0 saturated carbocycles. The van der Waals surface area contributed by atoms with Gasteiger partial charge in [0.1, 0.15) is 5.02 Å². The van der Waals surface area contributed by atoms with Gasteiger partial charge in [-0.1, -0.05) is 18.5 Å². The average Bonchev–Trinajstić information content (AvgIpc) is 2.62. The quantitative estimate of drug-likeness (QED) is 0.531. The van der Waals surface area contributed by atoms with Crippen molar-refractivity contribution in [1.82, 2.24) is 0 Å². The van der Waals surface area contributed by atoms with Crippen LogP contribution >= 0.6 is 11.6 Å². The summed E-state index contributed by atoms with van der Waals surface area (Å²) in [5.41, 5.74) is 0.341. The third-order valence-electron chi connectivity index (χ3n) is 3.37. The Morgan fingerprint density at radius 2 is 1.92 bits per heavy atom. The highest BCUT2D eigenvalue weighted by molar-refractivity contribution is 6.32. The van der Waals surface area contributed by atoms with Crippen LogP contribution < -0.4 is 14.8 Å². The number of halogens is 1. The predicted molar refractivity (Wildman–Crippen MR) is 99.5 cm³/mol. The fourth-order valence-corrected chi connectivity index (χ4v) is 2.37. The lowest BCUT2D eigenvalue weighted by molar-refractivity contribution is -0.384. The largest absolute Gasteiger partial charge is 0.490 e. The summed E-state index contributed by atoms with van der Waals surface area (Å²) in [6.07, 6.45) is 0.850. The van der Waals surface area contributed by atoms with E-state index in [0.717, 1.165) is 6.42 Å². The number of nitro benzene ring substituents is 1. The van der Waals surface area contributed by atoms with Crippen LogP contribution in [0, 0.1) is 10.1 Å². The molecule has 0 spiro atoms. The van der Waals surface area contributed by atoms with Crippen LogP contribution in [0.15, 0.2) is 36.4 Å². The van der Waals surface area contributed by atoms with Gasteiger partial charge in [0.15, 0.2) is 11.5 Å². The van der Waals surface area contributed by atoms with E-state index in [1.807, 2.05) is 13.8 Å². The molecule has 8 heteroatoms. The van der Waals surface area contributed by atoms with Crippen molar-refractivity contribution >= 4 is 28.9 Å². The van der Waals surface area contributed by atoms with Gasteiger partial charge in [-0.05, 0) is 43.7 Å². The molecule has 7 nitrogen and oxygen atoms in total. The van der Waals surface area contributed by atoms with Crippen molar-refractivity contribution in [3.8, 4) is 11.5 Å². The van der Waals surface area contributed by atoms with Crippen LogP contribution in [0.2, 0.25) is 5.02 Å². The second-order valence-corrected chi connectivity index (χ2v) is 5.73. The van der Waals surface area contributed by atoms with Crippen molar-refractivity contribution in [3.63, 3.8) is 0 Å². The molecular weight excluding hydrogens is 360 g/mol. The van der Waals surface area contributed by atoms with E-state index >= 15 is 0 Å². The van der Waals surface area contributed by atoms with Crippen LogP contribution in [-0.2, 0) is 0 Å². The third-order valence-corrected chi connectivity index (χ3v) is 3.69. The van der Waals surface area contributed by atoms with Gasteiger partial charge in [0.2, 0.25) is 0 Å². The molecule has 0 aliphatic rings. The lowest BCUT2D eigenvalue weighted by Gasteiger charge is -2.13. The summed E-state index contributed by atoms with van der Waals surface area (Å²) in [6, 6.07) is 8.92. The predicted octanol–water partition coefficient (Wildman–Crippen LogP) is 4.69. The Balaban J connectivity index is 2.22. The first-order valence-corrected chi connectivity index (χ1v) is 8.49. The number of hydrogen-bond donors (Lipinski definition) is 1. The summed E-state index contributed by atoms with van der Waals surface area (Å²) in [5.74, 6) is 0.604. The number of nitro groups is 1. The van der Waals surface area contributed by atoms with E-state index in [0.29, 0.717) is 30.3 Å². The monoisotopic (exact) mass is 378 g/mol. The summed E-state index contributed by atoms with van der Waals surface area (Å²) in [5, 5.41) is 13.6. The maximum Gasteiger partial charge on any atom is 0.289 e. The van der Waals surface area contributed by atoms with Gasteiger partial charge < -0.3 is 14.8 Å². The van der Waals surface area contributed by atoms with Gasteiger partial charge >= 0.3 is 0 Å². The number of anilines is 1. The Kier molecular flexibility index (Phi) is 6.80. The minimum Gasteiger partial charge on any atom is -0.490 e. The fraction of sp³-hybridized carbons (Fsp3) is 0.278. The summed E-state index contributed by atoms with van der Waals surface area (Å²) in [7, 11) is 0. The molecule has 138 valence electrons. The highest BCUT2D eigenvalue weighted by atomic mass is 35.5. The first-order chi connectivity index (χ1) is 12.5. The van der Waals surface area contributed by atoms with Gasteiger partial charge in [-0.15, -0.1) is 0 Å². The van der Waals surface area contributed by atoms with E-state index in [2.05, 4.69) is 5.32 Å². The number of benzene rings is 2. The Hall–Kier alpha value is -2.80. The molecule has 0 saturated heterocycles. The van der Waals surface area contributed by atoms with Gasteiger partial charge in [-0.2, -0.15) is 0 Å². The number of hydrogen-bond acceptors (Lipinski definition) is 5. The molecule has 0 fully saturated rings. The van der Waals surface area contributed by atoms with Gasteiger partial charge in [0.25, 0.3) is 11.6 Å². The Labute approximate surface area is 156 Å². The number of nitrogens with one attached hydrogen (secondary N) is 1. The first-order valence-electron chi connectivity index (χ1n) is 8.11. The number of carbonyl (C=O) groups is 1. The molecule has 1 amide bonds. The zero-order chi connectivity index (χ0) is 19.1. The summed E-state index contributed by atoms with van der Waals surface area (Å²) in [6.45, 7) is 4.80. The first kappa shape index (κ1) is 19.5. The molecule has 0 aliphatic carbocycles. The number of carbonyl (C=O) groups excluding carboxylic acids is 1. The molecule has 0 radical (unpaired) electrons. The minimum atomic E-state index is -0.606. The Morgan fingerprint density at radius 1 is 1.15 bits per heavy atom. The molecular formula is C18H19ClN2O5. The molecule has 0 atom stereocenters. The second-order valence-electron chi connectivity index (χ2n) is 5.32. The van der Waals surface area contributed by atoms with Crippen LogP contribution in [0.1, 0.15) is 30.6 Å². The SMILES string of the molecule is CCCOc1ccc(C(=O)Nc2ccc(Cl)c([N+](=O)[O-])c2)cc1OCC. The molecule has 0 aliphatic heterocycles. The van der Waals surface area contributed by atoms with Crippen molar-refractivity contribution in [3.05, 3.63) is 57.1 Å². The zero-order valence-corrected chi connectivity index (χ0v) is 15.2. The highest BCUT2D eigenvalue weighted by Crippen LogP contribution is 2.30. The smallest absolute Gasteiger partial charge is 0.289 e. The van der Waals surface area contributed by atoms with Crippen LogP contribution in [-0.4, -0.2) is 24.0 Å². The maximum atomic E-state index is 12.5. The van der Waals surface area contributed by atoms with Gasteiger partial charge in [-0.3, -0.25) is 14.9 Å². The number of ether oxygens (including phenoxy) is 2. The van der Waals surface area contributed by atoms with Gasteiger partial charge in [0.05, 0.1) is 18.1 Å². The van der Waals surface area contributed by atoms with Crippen LogP contribution in [0.25, 0.3) is 0 Å². The second kappa shape index (κ2) is 9.05. The normalized spacial score (nSPS) is 10.3. The lowest BCUT2D eigenvalue weighted by atomic mass is 10.1. The highest BCUT2D eigenvalue weighted by Gasteiger charge is 2.16. The molecule has 2 aromatic rings. The number of amides is 1. The van der Waals surface area contributed by atoms with Crippen molar-refractivity contribution in [2.75, 3.05) is 18.5 Å². The molecule has 0 heterocycles. The molecule has 2 rings (SSSR count). The fourth-order valence-electron chi connectivity index (χ4n) is 2.18. The number of nitrogens with zero attached hydrogens (tertiary/aromatic N) is 1. The van der Waals surface area contributed by atoms with E-state index in [4.69, 9.17) is 21.1 Å². The van der Waals surface area contributed by atoms with Gasteiger partial charge in [-0.25, -0.2) is 0 Å². The molecule has 0 aromatic heterocycles. The van der Waals surface area contributed by atoms with E-state index in [1.165, 1.54) is 18.2 Å². The maximum absolute atomic E-state index is 12.5. The van der Waals surface area contributed by atoms with Gasteiger partial charge in [0, 0.05) is 17.3 Å². The summed E-state index contributed by atoms with van der Waals surface area (Å²) < 4.78 is 11.1. The van der Waals surface area contributed by atoms with E-state index in [-0.39, 0.29) is 16.4 Å². The molecule has 0 unspecified atom stereocenters. The van der Waals surface area contributed by atoms with Crippen molar-refractivity contribution in [2.24, 2.45) is 0 Å². The Bertz CT molecular complexity index is 810. The van der Waals surface area contributed by atoms with Crippen LogP contribution in [0.3, 0.4) is 0 Å². The van der Waals surface area contributed by atoms with E-state index < -0.39 is 10.8 Å². The average molecular weight is 379 g/mol. The minimum absolute atomic E-state index is 0.00376. The van der Waals surface area contributed by atoms with E-state index in [1.54, 1.807) is 18.2 Å². The van der Waals surface area contributed by atoms with Crippen LogP contribution in [0.4, 0.5) is 11.4 Å². The standard InChI is InChI=1S/C18H19ClN2O5/c1-3-9-26-16-8-5-12(10-17(16)25-4-2)18(22)20-13-6-7-14(19)15(11-13)21(23)24/h5-8,10-11H,3-4,9H2,1-2H3,(H,20,22).